The predicted octanol–water partition coefficient (Wildman–Crippen LogP) is 5.35. The molecule has 0 radical (unpaired) electrons. The molecule has 5 aromatic rings. The zero-order valence-corrected chi connectivity index (χ0v) is 22.0. The molecule has 5 rings (SSSR count). The molecule has 3 aromatic carbocycles. The SMILES string of the molecule is CCCCc1nc2ccc(C)cc2c(=O)n1Cc1ccc2c(ccn2C(=O)c2cccc([N+](=O)[O-])c2C(=O)O)c1. The van der Waals surface area contributed by atoms with Gasteiger partial charge in [0.05, 0.1) is 33.5 Å². The van der Waals surface area contributed by atoms with Crippen molar-refractivity contribution < 1.29 is 19.6 Å². The number of nitro benzene ring substituents is 1. The Balaban J connectivity index is 1.55. The van der Waals surface area contributed by atoms with Crippen LogP contribution in [-0.2, 0) is 13.0 Å². The van der Waals surface area contributed by atoms with Crippen LogP contribution in [0.5, 0.6) is 0 Å². The van der Waals surface area contributed by atoms with Gasteiger partial charge in [-0.2, -0.15) is 0 Å². The van der Waals surface area contributed by atoms with Crippen molar-refractivity contribution in [2.45, 2.75) is 39.7 Å². The second-order valence-electron chi connectivity index (χ2n) is 9.69. The van der Waals surface area contributed by atoms with Crippen molar-refractivity contribution >= 4 is 39.4 Å². The summed E-state index contributed by atoms with van der Waals surface area (Å²) in [6.07, 6.45) is 4.02. The fourth-order valence-electron chi connectivity index (χ4n) is 4.94. The van der Waals surface area contributed by atoms with Crippen molar-refractivity contribution in [3.05, 3.63) is 115 Å². The van der Waals surface area contributed by atoms with Crippen LogP contribution in [0.15, 0.2) is 71.7 Å². The highest BCUT2D eigenvalue weighted by molar-refractivity contribution is 6.10. The van der Waals surface area contributed by atoms with Crippen LogP contribution in [0.1, 0.15) is 57.4 Å². The minimum atomic E-state index is -1.56. The number of carbonyl (C=O) groups is 2. The molecule has 0 atom stereocenters. The molecule has 0 saturated heterocycles. The van der Waals surface area contributed by atoms with Crippen LogP contribution in [-0.4, -0.2) is 36.0 Å². The molecule has 0 saturated carbocycles. The molecule has 0 fully saturated rings. The number of unbranched alkanes of at least 4 members (excludes halogenated alkanes) is 1. The van der Waals surface area contributed by atoms with E-state index in [0.717, 1.165) is 30.0 Å². The number of aryl methyl sites for hydroxylation is 2. The van der Waals surface area contributed by atoms with Gasteiger partial charge in [0, 0.05) is 24.1 Å². The Labute approximate surface area is 228 Å². The summed E-state index contributed by atoms with van der Waals surface area (Å²) in [7, 11) is 0. The Bertz CT molecular complexity index is 1890. The summed E-state index contributed by atoms with van der Waals surface area (Å²) in [4.78, 5) is 54.1. The summed E-state index contributed by atoms with van der Waals surface area (Å²) >= 11 is 0. The molecular weight excluding hydrogens is 512 g/mol. The van der Waals surface area contributed by atoms with Crippen LogP contribution in [0, 0.1) is 17.0 Å². The van der Waals surface area contributed by atoms with Gasteiger partial charge in [-0.05, 0) is 55.3 Å². The van der Waals surface area contributed by atoms with E-state index in [1.54, 1.807) is 22.8 Å². The monoisotopic (exact) mass is 538 g/mol. The number of aromatic carboxylic acids is 1. The summed E-state index contributed by atoms with van der Waals surface area (Å²) < 4.78 is 2.97. The summed E-state index contributed by atoms with van der Waals surface area (Å²) in [6.45, 7) is 4.30. The first-order valence-corrected chi connectivity index (χ1v) is 12.8. The van der Waals surface area contributed by atoms with Gasteiger partial charge >= 0.3 is 5.97 Å². The van der Waals surface area contributed by atoms with Crippen LogP contribution in [0.25, 0.3) is 21.8 Å². The van der Waals surface area contributed by atoms with Crippen molar-refractivity contribution in [2.24, 2.45) is 0 Å². The summed E-state index contributed by atoms with van der Waals surface area (Å²) in [5.41, 5.74) is 1.27. The van der Waals surface area contributed by atoms with E-state index in [4.69, 9.17) is 4.98 Å². The number of carboxylic acid groups (broad SMARTS) is 1. The van der Waals surface area contributed by atoms with Gasteiger partial charge in [-0.3, -0.25) is 28.8 Å². The van der Waals surface area contributed by atoms with Crippen molar-refractivity contribution in [1.29, 1.82) is 0 Å². The number of hydrogen-bond acceptors (Lipinski definition) is 6. The number of benzene rings is 3. The highest BCUT2D eigenvalue weighted by atomic mass is 16.6. The summed E-state index contributed by atoms with van der Waals surface area (Å²) in [5, 5.41) is 22.2. The van der Waals surface area contributed by atoms with Crippen molar-refractivity contribution in [3.8, 4) is 0 Å². The minimum absolute atomic E-state index is 0.112. The van der Waals surface area contributed by atoms with Gasteiger partial charge in [-0.25, -0.2) is 9.78 Å². The molecule has 0 aliphatic heterocycles. The van der Waals surface area contributed by atoms with Gasteiger partial charge in [-0.15, -0.1) is 0 Å². The topological polar surface area (TPSA) is 137 Å². The first kappa shape index (κ1) is 26.5. The lowest BCUT2D eigenvalue weighted by Crippen LogP contribution is -2.26. The molecule has 202 valence electrons. The Hall–Kier alpha value is -5.12. The highest BCUT2D eigenvalue weighted by Gasteiger charge is 2.28. The van der Waals surface area contributed by atoms with Gasteiger partial charge in [0.2, 0.25) is 0 Å². The fourth-order valence-corrected chi connectivity index (χ4v) is 4.94. The first-order valence-electron chi connectivity index (χ1n) is 12.8. The number of rotatable bonds is 8. The number of hydrogen-bond donors (Lipinski definition) is 1. The normalized spacial score (nSPS) is 11.2. The van der Waals surface area contributed by atoms with Crippen molar-refractivity contribution in [3.63, 3.8) is 0 Å². The van der Waals surface area contributed by atoms with E-state index in [2.05, 4.69) is 6.92 Å². The number of carbonyl (C=O) groups excluding carboxylic acids is 1. The van der Waals surface area contributed by atoms with E-state index in [1.165, 1.54) is 22.9 Å². The second kappa shape index (κ2) is 10.6. The standard InChI is InChI=1S/C30H26N4O6/c1-3-4-8-26-31-23-11-9-18(2)15-22(23)29(36)33(26)17-19-10-12-24-20(16-19)13-14-32(24)28(35)21-6-5-7-25(34(39)40)27(21)30(37)38/h5-7,9-16H,3-4,8,17H2,1-2H3,(H,37,38). The average Bonchev–Trinajstić information content (AvgIpc) is 3.36. The lowest BCUT2D eigenvalue weighted by atomic mass is 10.0. The first-order chi connectivity index (χ1) is 19.2. The smallest absolute Gasteiger partial charge is 0.343 e. The lowest BCUT2D eigenvalue weighted by Gasteiger charge is -2.14. The Morgan fingerprint density at radius 1 is 1.07 bits per heavy atom. The molecular formula is C30H26N4O6. The molecule has 0 amide bonds. The number of aromatic nitrogens is 3. The third-order valence-electron chi connectivity index (χ3n) is 6.94. The number of nitrogens with zero attached hydrogens (tertiary/aromatic N) is 4. The van der Waals surface area contributed by atoms with E-state index in [-0.39, 0.29) is 17.7 Å². The molecule has 0 spiro atoms. The maximum Gasteiger partial charge on any atom is 0.343 e. The molecule has 10 nitrogen and oxygen atoms in total. The average molecular weight is 539 g/mol. The Morgan fingerprint density at radius 2 is 1.88 bits per heavy atom. The van der Waals surface area contributed by atoms with Crippen LogP contribution in [0.3, 0.4) is 0 Å². The molecule has 0 bridgehead atoms. The molecule has 2 aromatic heterocycles. The second-order valence-corrected chi connectivity index (χ2v) is 9.69. The number of nitro groups is 1. The Morgan fingerprint density at radius 3 is 2.60 bits per heavy atom. The van der Waals surface area contributed by atoms with Gasteiger partial charge in [-0.1, -0.05) is 37.1 Å². The molecule has 2 heterocycles. The molecule has 0 aliphatic carbocycles. The van der Waals surface area contributed by atoms with E-state index >= 15 is 0 Å². The van der Waals surface area contributed by atoms with E-state index < -0.39 is 28.1 Å². The third kappa shape index (κ3) is 4.75. The van der Waals surface area contributed by atoms with Crippen molar-refractivity contribution in [1.82, 2.24) is 14.1 Å². The third-order valence-corrected chi connectivity index (χ3v) is 6.94. The maximum atomic E-state index is 13.5. The van der Waals surface area contributed by atoms with Crippen molar-refractivity contribution in [2.75, 3.05) is 0 Å². The van der Waals surface area contributed by atoms with Gasteiger partial charge in [0.15, 0.2) is 0 Å². The maximum absolute atomic E-state index is 13.5. The summed E-state index contributed by atoms with van der Waals surface area (Å²) in [6, 6.07) is 16.3. The fraction of sp³-hybridized carbons (Fsp3) is 0.200. The zero-order valence-electron chi connectivity index (χ0n) is 22.0. The number of fused-ring (bicyclic) bond motifs is 2. The predicted molar refractivity (Wildman–Crippen MR) is 150 cm³/mol. The van der Waals surface area contributed by atoms with Crippen LogP contribution < -0.4 is 5.56 Å². The summed E-state index contributed by atoms with van der Waals surface area (Å²) in [5.74, 6) is -1.54. The lowest BCUT2D eigenvalue weighted by molar-refractivity contribution is -0.385. The zero-order chi connectivity index (χ0) is 28.6. The quantitative estimate of drug-likeness (QED) is 0.208. The Kier molecular flexibility index (Phi) is 7.00. The highest BCUT2D eigenvalue weighted by Crippen LogP contribution is 2.26. The van der Waals surface area contributed by atoms with Gasteiger partial charge in [0.1, 0.15) is 11.4 Å². The molecule has 40 heavy (non-hydrogen) atoms. The molecule has 0 unspecified atom stereocenters. The van der Waals surface area contributed by atoms with Crippen LogP contribution in [0.4, 0.5) is 5.69 Å². The van der Waals surface area contributed by atoms with Gasteiger partial charge < -0.3 is 5.11 Å². The van der Waals surface area contributed by atoms with Gasteiger partial charge in [0.25, 0.3) is 17.2 Å². The van der Waals surface area contributed by atoms with E-state index in [1.807, 2.05) is 31.2 Å². The number of carboxylic acids is 1. The largest absolute Gasteiger partial charge is 0.477 e. The minimum Gasteiger partial charge on any atom is -0.477 e. The molecule has 1 N–H and O–H groups in total. The van der Waals surface area contributed by atoms with E-state index in [9.17, 15) is 29.6 Å². The molecule has 10 heteroatoms. The van der Waals surface area contributed by atoms with Crippen LogP contribution >= 0.6 is 0 Å². The van der Waals surface area contributed by atoms with Crippen LogP contribution in [0.2, 0.25) is 0 Å². The molecule has 0 aliphatic rings. The van der Waals surface area contributed by atoms with E-state index in [0.29, 0.717) is 34.1 Å².